The van der Waals surface area contributed by atoms with E-state index in [1.165, 1.54) is 0 Å². The molecule has 82 valence electrons. The van der Waals surface area contributed by atoms with Crippen LogP contribution in [0.3, 0.4) is 0 Å². The molecule has 0 bridgehead atoms. The van der Waals surface area contributed by atoms with Crippen LogP contribution in [0, 0.1) is 0 Å². The topological polar surface area (TPSA) is 67.5 Å². The molecule has 4 nitrogen and oxygen atoms in total. The smallest absolute Gasteiger partial charge is 0.0852 e. The van der Waals surface area contributed by atoms with Crippen LogP contribution >= 0.6 is 0 Å². The normalized spacial score (nSPS) is 31.3. The Bertz CT molecular complexity index is 174. The van der Waals surface area contributed by atoms with Gasteiger partial charge >= 0.3 is 0 Å². The summed E-state index contributed by atoms with van der Waals surface area (Å²) in [5, 5.41) is 13.8. The fourth-order valence-electron chi connectivity index (χ4n) is 2.54. The molecular formula is C10H20N2O2. The minimum atomic E-state index is -0.679. The molecule has 2 saturated heterocycles. The summed E-state index contributed by atoms with van der Waals surface area (Å²) in [6.07, 6.45) is 3.10. The summed E-state index contributed by atoms with van der Waals surface area (Å²) in [6, 6.07) is 0. The van der Waals surface area contributed by atoms with Crippen molar-refractivity contribution < 1.29 is 9.84 Å². The van der Waals surface area contributed by atoms with Crippen molar-refractivity contribution in [3.8, 4) is 0 Å². The summed E-state index contributed by atoms with van der Waals surface area (Å²) in [7, 11) is 0. The van der Waals surface area contributed by atoms with Gasteiger partial charge in [-0.3, -0.25) is 0 Å². The lowest BCUT2D eigenvalue weighted by Gasteiger charge is -2.49. The highest BCUT2D eigenvalue weighted by Crippen LogP contribution is 2.35. The van der Waals surface area contributed by atoms with E-state index < -0.39 is 11.1 Å². The fourth-order valence-corrected chi connectivity index (χ4v) is 2.54. The van der Waals surface area contributed by atoms with Crippen LogP contribution in [0.2, 0.25) is 0 Å². The molecule has 4 heteroatoms. The Balaban J connectivity index is 2.09. The number of aliphatic hydroxyl groups is 1. The van der Waals surface area contributed by atoms with Gasteiger partial charge in [-0.2, -0.15) is 0 Å². The number of hydrogen-bond donors (Lipinski definition) is 3. The molecule has 0 saturated carbocycles. The number of piperidine rings is 1. The second-order valence-electron chi connectivity index (χ2n) is 4.55. The number of nitrogens with two attached hydrogens (primary N) is 1. The van der Waals surface area contributed by atoms with Gasteiger partial charge < -0.3 is 20.9 Å². The highest BCUT2D eigenvalue weighted by molar-refractivity contribution is 5.06. The second-order valence-corrected chi connectivity index (χ2v) is 4.55. The van der Waals surface area contributed by atoms with Crippen LogP contribution in [-0.4, -0.2) is 42.5 Å². The maximum Gasteiger partial charge on any atom is 0.0852 e. The van der Waals surface area contributed by atoms with Crippen LogP contribution in [0.4, 0.5) is 0 Å². The van der Waals surface area contributed by atoms with Crippen LogP contribution in [-0.2, 0) is 4.74 Å². The summed E-state index contributed by atoms with van der Waals surface area (Å²) < 4.78 is 5.29. The molecule has 14 heavy (non-hydrogen) atoms. The van der Waals surface area contributed by atoms with Gasteiger partial charge in [-0.25, -0.2) is 0 Å². The molecular weight excluding hydrogens is 180 g/mol. The molecule has 2 rings (SSSR count). The highest BCUT2D eigenvalue weighted by atomic mass is 16.5. The van der Waals surface area contributed by atoms with Crippen molar-refractivity contribution >= 4 is 0 Å². The van der Waals surface area contributed by atoms with Gasteiger partial charge in [0.1, 0.15) is 0 Å². The Kier molecular flexibility index (Phi) is 2.79. The fraction of sp³-hybridized carbons (Fsp3) is 1.00. The molecule has 0 aromatic rings. The van der Waals surface area contributed by atoms with Gasteiger partial charge in [0.2, 0.25) is 0 Å². The van der Waals surface area contributed by atoms with Gasteiger partial charge in [0, 0.05) is 18.8 Å². The largest absolute Gasteiger partial charge is 0.388 e. The van der Waals surface area contributed by atoms with E-state index >= 15 is 0 Å². The molecule has 2 heterocycles. The molecule has 0 amide bonds. The summed E-state index contributed by atoms with van der Waals surface area (Å²) in [5.41, 5.74) is 5.21. The summed E-state index contributed by atoms with van der Waals surface area (Å²) in [4.78, 5) is 0. The number of hydrogen-bond acceptors (Lipinski definition) is 4. The maximum absolute atomic E-state index is 10.5. The van der Waals surface area contributed by atoms with Gasteiger partial charge in [0.25, 0.3) is 0 Å². The van der Waals surface area contributed by atoms with Crippen molar-refractivity contribution in [2.24, 2.45) is 5.73 Å². The van der Waals surface area contributed by atoms with Gasteiger partial charge in [-0.15, -0.1) is 0 Å². The van der Waals surface area contributed by atoms with E-state index in [1.54, 1.807) is 0 Å². The SMILES string of the molecule is NC1(C2(O)CCNCC2)CCOCC1. The lowest BCUT2D eigenvalue weighted by atomic mass is 9.70. The Labute approximate surface area is 84.8 Å². The van der Waals surface area contributed by atoms with Crippen LogP contribution in [0.1, 0.15) is 25.7 Å². The van der Waals surface area contributed by atoms with Crippen LogP contribution in [0.25, 0.3) is 0 Å². The number of rotatable bonds is 1. The Morgan fingerprint density at radius 1 is 1.07 bits per heavy atom. The first-order chi connectivity index (χ1) is 6.66. The van der Waals surface area contributed by atoms with E-state index in [0.29, 0.717) is 13.2 Å². The van der Waals surface area contributed by atoms with E-state index in [1.807, 2.05) is 0 Å². The average Bonchev–Trinajstić information content (AvgIpc) is 2.20. The number of nitrogens with one attached hydrogen (secondary N) is 1. The molecule has 0 aromatic carbocycles. The molecule has 0 unspecified atom stereocenters. The molecule has 0 spiro atoms. The van der Waals surface area contributed by atoms with Crippen molar-refractivity contribution in [1.29, 1.82) is 0 Å². The van der Waals surface area contributed by atoms with Crippen LogP contribution < -0.4 is 11.1 Å². The molecule has 4 N–H and O–H groups in total. The predicted molar refractivity (Wildman–Crippen MR) is 54.0 cm³/mol. The predicted octanol–water partition coefficient (Wildman–Crippen LogP) is -0.391. The van der Waals surface area contributed by atoms with Gasteiger partial charge in [-0.05, 0) is 38.8 Å². The lowest BCUT2D eigenvalue weighted by molar-refractivity contribution is -0.0985. The minimum Gasteiger partial charge on any atom is -0.388 e. The molecule has 2 fully saturated rings. The molecule has 2 aliphatic rings. The maximum atomic E-state index is 10.5. The zero-order valence-corrected chi connectivity index (χ0v) is 8.59. The summed E-state index contributed by atoms with van der Waals surface area (Å²) in [5.74, 6) is 0. The van der Waals surface area contributed by atoms with E-state index in [0.717, 1.165) is 38.8 Å². The highest BCUT2D eigenvalue weighted by Gasteiger charge is 2.48. The standard InChI is InChI=1S/C10H20N2O2/c11-9(3-7-14-8-4-9)10(13)1-5-12-6-2-10/h12-13H,1-8,11H2. The zero-order chi connectivity index (χ0) is 10.1. The average molecular weight is 200 g/mol. The van der Waals surface area contributed by atoms with Gasteiger partial charge in [0.15, 0.2) is 0 Å². The molecule has 0 atom stereocenters. The zero-order valence-electron chi connectivity index (χ0n) is 8.59. The quantitative estimate of drug-likeness (QED) is 0.539. The monoisotopic (exact) mass is 200 g/mol. The Hall–Kier alpha value is -0.160. The van der Waals surface area contributed by atoms with Crippen LogP contribution in [0.15, 0.2) is 0 Å². The van der Waals surface area contributed by atoms with E-state index in [4.69, 9.17) is 10.5 Å². The second kappa shape index (κ2) is 3.77. The van der Waals surface area contributed by atoms with Gasteiger partial charge in [-0.1, -0.05) is 0 Å². The van der Waals surface area contributed by atoms with Crippen molar-refractivity contribution in [3.63, 3.8) is 0 Å². The van der Waals surface area contributed by atoms with Crippen LogP contribution in [0.5, 0.6) is 0 Å². The molecule has 2 aliphatic heterocycles. The van der Waals surface area contributed by atoms with Crippen molar-refractivity contribution in [3.05, 3.63) is 0 Å². The molecule has 0 radical (unpaired) electrons. The molecule has 0 aromatic heterocycles. The van der Waals surface area contributed by atoms with E-state index in [-0.39, 0.29) is 0 Å². The third-order valence-electron chi connectivity index (χ3n) is 3.74. The van der Waals surface area contributed by atoms with E-state index in [9.17, 15) is 5.11 Å². The Morgan fingerprint density at radius 3 is 2.21 bits per heavy atom. The van der Waals surface area contributed by atoms with Crippen molar-refractivity contribution in [2.45, 2.75) is 36.8 Å². The van der Waals surface area contributed by atoms with Crippen molar-refractivity contribution in [1.82, 2.24) is 5.32 Å². The minimum absolute atomic E-state index is 0.423. The third-order valence-corrected chi connectivity index (χ3v) is 3.74. The number of ether oxygens (including phenoxy) is 1. The summed E-state index contributed by atoms with van der Waals surface area (Å²) in [6.45, 7) is 3.12. The lowest BCUT2D eigenvalue weighted by Crippen LogP contribution is -2.65. The first-order valence-electron chi connectivity index (χ1n) is 5.46. The van der Waals surface area contributed by atoms with E-state index in [2.05, 4.69) is 5.32 Å². The van der Waals surface area contributed by atoms with Gasteiger partial charge in [0.05, 0.1) is 5.60 Å². The molecule has 0 aliphatic carbocycles. The van der Waals surface area contributed by atoms with Crippen molar-refractivity contribution in [2.75, 3.05) is 26.3 Å². The summed E-state index contributed by atoms with van der Waals surface area (Å²) >= 11 is 0. The Morgan fingerprint density at radius 2 is 1.64 bits per heavy atom. The first-order valence-corrected chi connectivity index (χ1v) is 5.46. The third kappa shape index (κ3) is 1.67. The first kappa shape index (κ1) is 10.4.